The molecule has 0 bridgehead atoms. The lowest BCUT2D eigenvalue weighted by Crippen LogP contribution is -2.45. The Kier molecular flexibility index (Phi) is 4.64. The Morgan fingerprint density at radius 1 is 1.45 bits per heavy atom. The van der Waals surface area contributed by atoms with Gasteiger partial charge in [0.1, 0.15) is 12.4 Å². The molecule has 1 fully saturated rings. The van der Waals surface area contributed by atoms with Crippen molar-refractivity contribution in [1.29, 1.82) is 0 Å². The minimum Gasteiger partial charge on any atom is -0.631 e. The van der Waals surface area contributed by atoms with E-state index >= 15 is 0 Å². The summed E-state index contributed by atoms with van der Waals surface area (Å²) in [5.74, 6) is 0. The van der Waals surface area contributed by atoms with Gasteiger partial charge in [0.2, 0.25) is 7.94 Å². The van der Waals surface area contributed by atoms with Crippen LogP contribution in [0.15, 0.2) is 30.3 Å². The summed E-state index contributed by atoms with van der Waals surface area (Å²) in [5, 5.41) is 0. The van der Waals surface area contributed by atoms with Crippen LogP contribution in [0.2, 0.25) is 0 Å². The van der Waals surface area contributed by atoms with Crippen LogP contribution in [0, 0.1) is 0 Å². The van der Waals surface area contributed by atoms with E-state index in [-0.39, 0.29) is 6.29 Å². The van der Waals surface area contributed by atoms with E-state index in [2.05, 4.69) is 0 Å². The third-order valence-electron chi connectivity index (χ3n) is 3.15. The zero-order valence-electron chi connectivity index (χ0n) is 10.9. The molecular weight excluding hydrogens is 304 g/mol. The molecule has 7 nitrogen and oxygen atoms in total. The Bertz CT molecular complexity index is 505. The third-order valence-corrected chi connectivity index (χ3v) is 5.16. The average molecular weight is 321 g/mol. The van der Waals surface area contributed by atoms with E-state index in [9.17, 15) is 14.4 Å². The number of hydrogen-bond donors (Lipinski definition) is 3. The van der Waals surface area contributed by atoms with Gasteiger partial charge in [0, 0.05) is 6.04 Å². The first-order valence-corrected chi connectivity index (χ1v) is 9.58. The van der Waals surface area contributed by atoms with Crippen LogP contribution in [0.3, 0.4) is 0 Å². The second kappa shape index (κ2) is 5.79. The second-order valence-corrected chi connectivity index (χ2v) is 8.23. The van der Waals surface area contributed by atoms with Crippen LogP contribution in [0.4, 0.5) is 0 Å². The molecule has 1 heterocycles. The molecule has 0 radical (unpaired) electrons. The van der Waals surface area contributed by atoms with Crippen molar-refractivity contribution in [1.82, 2.24) is 4.90 Å². The molecule has 0 amide bonds. The van der Waals surface area contributed by atoms with Gasteiger partial charge in [-0.15, -0.1) is 0 Å². The van der Waals surface area contributed by atoms with E-state index in [4.69, 9.17) is 14.3 Å². The fraction of sp³-hybridized carbons (Fsp3) is 0.455. The van der Waals surface area contributed by atoms with Gasteiger partial charge in [0.05, 0.1) is 0 Å². The first-order chi connectivity index (χ1) is 9.18. The molecule has 0 saturated carbocycles. The second-order valence-electron chi connectivity index (χ2n) is 4.85. The predicted octanol–water partition coefficient (Wildman–Crippen LogP) is 0.656. The van der Waals surface area contributed by atoms with Crippen molar-refractivity contribution in [3.05, 3.63) is 35.9 Å². The van der Waals surface area contributed by atoms with Gasteiger partial charge in [0.25, 0.3) is 0 Å². The van der Waals surface area contributed by atoms with Crippen LogP contribution < -0.4 is 4.89 Å². The fourth-order valence-corrected chi connectivity index (χ4v) is 4.77. The van der Waals surface area contributed by atoms with Crippen molar-refractivity contribution >= 4 is 15.5 Å². The molecule has 1 aromatic rings. The average Bonchev–Trinajstić information content (AvgIpc) is 2.32. The number of hydrogen-bond acceptors (Lipinski definition) is 6. The molecule has 3 N–H and O–H groups in total. The van der Waals surface area contributed by atoms with Gasteiger partial charge >= 0.3 is 7.60 Å². The molecule has 1 aliphatic rings. The Morgan fingerprint density at radius 3 is 2.60 bits per heavy atom. The summed E-state index contributed by atoms with van der Waals surface area (Å²) in [5.41, 5.74) is 0.699. The lowest BCUT2D eigenvalue weighted by molar-refractivity contribution is -0.211. The van der Waals surface area contributed by atoms with Crippen LogP contribution in [0.25, 0.3) is 0 Å². The highest BCUT2D eigenvalue weighted by atomic mass is 31.2. The van der Waals surface area contributed by atoms with Gasteiger partial charge in [-0.05, 0) is 12.5 Å². The van der Waals surface area contributed by atoms with Crippen molar-refractivity contribution in [3.63, 3.8) is 0 Å². The first-order valence-electron chi connectivity index (χ1n) is 6.02. The number of nitrogens with zero attached hydrogens (tertiary/aromatic N) is 1. The zero-order valence-corrected chi connectivity index (χ0v) is 12.7. The molecule has 1 aliphatic heterocycles. The van der Waals surface area contributed by atoms with Crippen LogP contribution >= 0.6 is 15.5 Å². The fourth-order valence-electron chi connectivity index (χ4n) is 2.24. The molecule has 20 heavy (non-hydrogen) atoms. The molecule has 3 unspecified atom stereocenters. The molecule has 112 valence electrons. The molecule has 2 rings (SSSR count). The summed E-state index contributed by atoms with van der Waals surface area (Å²) in [4.78, 5) is 40.3. The molecule has 0 aromatic heterocycles. The molecule has 0 spiro atoms. The molecule has 0 aliphatic carbocycles. The minimum absolute atomic E-state index is 0.386. The normalized spacial score (nSPS) is 32.2. The van der Waals surface area contributed by atoms with Gasteiger partial charge < -0.3 is 9.79 Å². The van der Waals surface area contributed by atoms with E-state index in [0.29, 0.717) is 5.56 Å². The van der Waals surface area contributed by atoms with Gasteiger partial charge in [-0.25, -0.2) is 14.7 Å². The van der Waals surface area contributed by atoms with Gasteiger partial charge in [-0.1, -0.05) is 30.3 Å². The molecule has 3 atom stereocenters. The highest BCUT2D eigenvalue weighted by Gasteiger charge is 2.43. The predicted molar refractivity (Wildman–Crippen MR) is 72.5 cm³/mol. The van der Waals surface area contributed by atoms with Gasteiger partial charge in [0.15, 0.2) is 6.29 Å². The van der Waals surface area contributed by atoms with Crippen molar-refractivity contribution in [2.24, 2.45) is 0 Å². The Morgan fingerprint density at radius 2 is 2.05 bits per heavy atom. The molecular formula is C11H17NO6P2. The number of rotatable bonds is 3. The quantitative estimate of drug-likeness (QED) is 0.701. The standard InChI is InChI=1S/C11H17NO6P2/c1-9-11(10-5-3-2-4-6-10)18-20(16,17)8-12(9)7-19(13,14)15/h2-6,9,11H,7-8H2,1H3,(H,16,17)(H2,13,14,15). The summed E-state index contributed by atoms with van der Waals surface area (Å²) >= 11 is 0. The first kappa shape index (κ1) is 16.0. The van der Waals surface area contributed by atoms with Crippen molar-refractivity contribution in [2.45, 2.75) is 19.1 Å². The smallest absolute Gasteiger partial charge is 0.342 e. The zero-order chi connectivity index (χ0) is 15.0. The van der Waals surface area contributed by atoms with E-state index < -0.39 is 34.0 Å². The minimum atomic E-state index is -4.31. The molecule has 1 saturated heterocycles. The highest BCUT2D eigenvalue weighted by Crippen LogP contribution is 2.55. The van der Waals surface area contributed by atoms with E-state index in [1.54, 1.807) is 31.2 Å². The summed E-state index contributed by atoms with van der Waals surface area (Å²) in [6.45, 7) is 1.71. The highest BCUT2D eigenvalue weighted by molar-refractivity contribution is 7.57. The van der Waals surface area contributed by atoms with Crippen molar-refractivity contribution in [3.8, 4) is 0 Å². The summed E-state index contributed by atoms with van der Waals surface area (Å²) in [6.07, 6.45) is -1.65. The van der Waals surface area contributed by atoms with E-state index in [0.717, 1.165) is 0 Å². The van der Waals surface area contributed by atoms with Crippen LogP contribution in [-0.2, 0) is 9.09 Å². The molecule has 9 heteroatoms. The van der Waals surface area contributed by atoms with Crippen molar-refractivity contribution in [2.75, 3.05) is 12.6 Å². The topological polar surface area (TPSA) is 113 Å². The number of benzene rings is 1. The lowest BCUT2D eigenvalue weighted by atomic mass is 10.0. The summed E-state index contributed by atoms with van der Waals surface area (Å²) < 4.78 is 17.1. The monoisotopic (exact) mass is 321 g/mol. The maximum atomic E-state index is 11.9. The summed E-state index contributed by atoms with van der Waals surface area (Å²) in [7, 11) is -8.21. The Labute approximate surface area is 117 Å². The van der Waals surface area contributed by atoms with Crippen LogP contribution in [0.1, 0.15) is 18.6 Å². The van der Waals surface area contributed by atoms with Crippen LogP contribution in [0.5, 0.6) is 0 Å². The third kappa shape index (κ3) is 4.07. The van der Waals surface area contributed by atoms with E-state index in [1.165, 1.54) is 4.90 Å². The lowest BCUT2D eigenvalue weighted by Gasteiger charge is -2.41. The Balaban J connectivity index is 2.27. The van der Waals surface area contributed by atoms with Crippen molar-refractivity contribution < 1.29 is 28.7 Å². The maximum absolute atomic E-state index is 11.9. The van der Waals surface area contributed by atoms with Gasteiger partial charge in [-0.3, -0.25) is 9.09 Å². The SMILES string of the molecule is CC1C(c2ccccc2)OP(=O)(O)CN1C[P+]([O-])(O)O. The largest absolute Gasteiger partial charge is 0.631 e. The van der Waals surface area contributed by atoms with Gasteiger partial charge in [-0.2, -0.15) is 0 Å². The van der Waals surface area contributed by atoms with E-state index in [1.807, 2.05) is 6.07 Å². The van der Waals surface area contributed by atoms with Crippen LogP contribution in [-0.4, -0.2) is 38.2 Å². The maximum Gasteiger partial charge on any atom is 0.342 e. The summed E-state index contributed by atoms with van der Waals surface area (Å²) in [6, 6.07) is 8.44. The Hall–Kier alpha value is -0.360. The molecule has 1 aromatic carbocycles.